The van der Waals surface area contributed by atoms with E-state index in [0.29, 0.717) is 11.7 Å². The van der Waals surface area contributed by atoms with Crippen LogP contribution < -0.4 is 21.3 Å². The van der Waals surface area contributed by atoms with Gasteiger partial charge in [-0.2, -0.15) is 0 Å². The third-order valence-electron chi connectivity index (χ3n) is 5.61. The zero-order valence-electron chi connectivity index (χ0n) is 15.2. The fourth-order valence-corrected chi connectivity index (χ4v) is 4.29. The highest BCUT2D eigenvalue weighted by Crippen LogP contribution is 2.47. The van der Waals surface area contributed by atoms with Crippen LogP contribution >= 0.6 is 0 Å². The minimum atomic E-state index is 0.204. The second-order valence-electron chi connectivity index (χ2n) is 8.00. The summed E-state index contributed by atoms with van der Waals surface area (Å²) in [6, 6.07) is 0. The van der Waals surface area contributed by atoms with E-state index < -0.39 is 0 Å². The summed E-state index contributed by atoms with van der Waals surface area (Å²) in [6.45, 7) is 4.61. The SMILES string of the molecule is CNC(CCCC(C)C)NC(NC)NC12CCCCC(C1)C2. The highest BCUT2D eigenvalue weighted by Gasteiger charge is 2.45. The normalized spacial score (nSPS) is 30.7. The van der Waals surface area contributed by atoms with Gasteiger partial charge in [0.25, 0.3) is 0 Å². The second kappa shape index (κ2) is 8.62. The van der Waals surface area contributed by atoms with Gasteiger partial charge in [-0.25, -0.2) is 0 Å². The fraction of sp³-hybridized carbons (Fsp3) is 1.00. The van der Waals surface area contributed by atoms with Crippen molar-refractivity contribution in [3.8, 4) is 0 Å². The van der Waals surface area contributed by atoms with E-state index in [1.165, 1.54) is 57.8 Å². The Balaban J connectivity index is 1.77. The Morgan fingerprint density at radius 2 is 1.82 bits per heavy atom. The molecule has 3 aliphatic carbocycles. The lowest BCUT2D eigenvalue weighted by Crippen LogP contribution is -2.67. The molecule has 0 aromatic rings. The molecular formula is C18H38N4. The van der Waals surface area contributed by atoms with Crippen molar-refractivity contribution in [2.75, 3.05) is 14.1 Å². The molecule has 3 saturated carbocycles. The molecule has 2 atom stereocenters. The van der Waals surface area contributed by atoms with Crippen LogP contribution in [0.3, 0.4) is 0 Å². The Kier molecular flexibility index (Phi) is 7.13. The van der Waals surface area contributed by atoms with Crippen molar-refractivity contribution in [1.82, 2.24) is 21.3 Å². The molecule has 0 radical (unpaired) electrons. The molecule has 0 heterocycles. The topological polar surface area (TPSA) is 48.1 Å². The average Bonchev–Trinajstić information content (AvgIpc) is 2.77. The molecule has 0 aromatic carbocycles. The van der Waals surface area contributed by atoms with Gasteiger partial charge < -0.3 is 5.32 Å². The molecule has 0 saturated heterocycles. The van der Waals surface area contributed by atoms with Crippen LogP contribution in [-0.2, 0) is 0 Å². The highest BCUT2D eigenvalue weighted by atomic mass is 15.3. The monoisotopic (exact) mass is 310 g/mol. The van der Waals surface area contributed by atoms with Gasteiger partial charge in [-0.15, -0.1) is 0 Å². The molecule has 4 nitrogen and oxygen atoms in total. The largest absolute Gasteiger partial charge is 0.305 e. The average molecular weight is 311 g/mol. The van der Waals surface area contributed by atoms with E-state index in [4.69, 9.17) is 0 Å². The van der Waals surface area contributed by atoms with Crippen molar-refractivity contribution in [3.63, 3.8) is 0 Å². The molecule has 3 rings (SSSR count). The summed E-state index contributed by atoms with van der Waals surface area (Å²) in [5.74, 6) is 1.78. The van der Waals surface area contributed by atoms with Gasteiger partial charge in [0.05, 0.1) is 6.17 Å². The summed E-state index contributed by atoms with van der Waals surface area (Å²) in [4.78, 5) is 0. The van der Waals surface area contributed by atoms with Gasteiger partial charge in [0, 0.05) is 5.54 Å². The molecular weight excluding hydrogens is 272 g/mol. The molecule has 3 aliphatic rings. The predicted molar refractivity (Wildman–Crippen MR) is 94.6 cm³/mol. The van der Waals surface area contributed by atoms with E-state index in [-0.39, 0.29) is 6.29 Å². The molecule has 0 amide bonds. The molecule has 4 heteroatoms. The summed E-state index contributed by atoms with van der Waals surface area (Å²) in [7, 11) is 4.11. The molecule has 130 valence electrons. The third kappa shape index (κ3) is 5.19. The van der Waals surface area contributed by atoms with E-state index in [2.05, 4.69) is 49.2 Å². The van der Waals surface area contributed by atoms with Crippen LogP contribution in [0.2, 0.25) is 0 Å². The van der Waals surface area contributed by atoms with Crippen LogP contribution in [-0.4, -0.2) is 32.1 Å². The Morgan fingerprint density at radius 3 is 2.45 bits per heavy atom. The summed E-state index contributed by atoms with van der Waals surface area (Å²) >= 11 is 0. The second-order valence-corrected chi connectivity index (χ2v) is 8.00. The third-order valence-corrected chi connectivity index (χ3v) is 5.61. The summed E-state index contributed by atoms with van der Waals surface area (Å²) in [6.07, 6.45) is 12.7. The molecule has 0 aromatic heterocycles. The Labute approximate surface area is 137 Å². The molecule has 3 fully saturated rings. The quantitative estimate of drug-likeness (QED) is 0.469. The van der Waals surface area contributed by atoms with Crippen molar-refractivity contribution in [2.24, 2.45) is 11.8 Å². The van der Waals surface area contributed by atoms with E-state index in [0.717, 1.165) is 11.8 Å². The fourth-order valence-electron chi connectivity index (χ4n) is 4.29. The Morgan fingerprint density at radius 1 is 1.05 bits per heavy atom. The maximum Gasteiger partial charge on any atom is 0.113 e. The lowest BCUT2D eigenvalue weighted by Gasteiger charge is -2.49. The van der Waals surface area contributed by atoms with Crippen molar-refractivity contribution in [1.29, 1.82) is 0 Å². The Bertz CT molecular complexity index is 307. The zero-order valence-corrected chi connectivity index (χ0v) is 15.2. The molecule has 2 unspecified atom stereocenters. The first-order valence-corrected chi connectivity index (χ1v) is 9.45. The van der Waals surface area contributed by atoms with Crippen molar-refractivity contribution >= 4 is 0 Å². The molecule has 0 aliphatic heterocycles. The van der Waals surface area contributed by atoms with Crippen LogP contribution in [0.5, 0.6) is 0 Å². The summed E-state index contributed by atoms with van der Waals surface area (Å²) in [5, 5.41) is 14.4. The van der Waals surface area contributed by atoms with Gasteiger partial charge >= 0.3 is 0 Å². The van der Waals surface area contributed by atoms with E-state index >= 15 is 0 Å². The minimum absolute atomic E-state index is 0.204. The number of rotatable bonds is 10. The standard InChI is InChI=1S/C18H38N4/c1-14(2)8-7-10-16(19-3)21-17(20-4)22-18-11-6-5-9-15(12-18)13-18/h14-17,19-22H,5-13H2,1-4H3. The maximum atomic E-state index is 3.89. The number of nitrogens with one attached hydrogen (secondary N) is 4. The van der Waals surface area contributed by atoms with Gasteiger partial charge in [0.2, 0.25) is 0 Å². The lowest BCUT2D eigenvalue weighted by molar-refractivity contribution is 0.0763. The summed E-state index contributed by atoms with van der Waals surface area (Å²) in [5.41, 5.74) is 0.401. The number of hydrogen-bond acceptors (Lipinski definition) is 4. The van der Waals surface area contributed by atoms with Crippen LogP contribution in [0.25, 0.3) is 0 Å². The van der Waals surface area contributed by atoms with Crippen molar-refractivity contribution in [3.05, 3.63) is 0 Å². The van der Waals surface area contributed by atoms with Gasteiger partial charge in [0.1, 0.15) is 6.29 Å². The first-order chi connectivity index (χ1) is 10.6. The van der Waals surface area contributed by atoms with Gasteiger partial charge in [-0.05, 0) is 51.6 Å². The van der Waals surface area contributed by atoms with Crippen LogP contribution in [0.1, 0.15) is 71.6 Å². The molecule has 2 bridgehead atoms. The van der Waals surface area contributed by atoms with Gasteiger partial charge in [-0.3, -0.25) is 16.0 Å². The van der Waals surface area contributed by atoms with Crippen LogP contribution in [0.15, 0.2) is 0 Å². The Hall–Kier alpha value is -0.160. The first-order valence-electron chi connectivity index (χ1n) is 9.45. The smallest absolute Gasteiger partial charge is 0.113 e. The molecule has 4 N–H and O–H groups in total. The number of fused-ring (bicyclic) bond motifs is 3. The summed E-state index contributed by atoms with van der Waals surface area (Å²) < 4.78 is 0. The van der Waals surface area contributed by atoms with E-state index in [9.17, 15) is 0 Å². The van der Waals surface area contributed by atoms with Crippen LogP contribution in [0, 0.1) is 11.8 Å². The minimum Gasteiger partial charge on any atom is -0.305 e. The van der Waals surface area contributed by atoms with Crippen LogP contribution in [0.4, 0.5) is 0 Å². The van der Waals surface area contributed by atoms with Gasteiger partial charge in [0.15, 0.2) is 0 Å². The van der Waals surface area contributed by atoms with Gasteiger partial charge in [-0.1, -0.05) is 46.0 Å². The highest BCUT2D eigenvalue weighted by molar-refractivity contribution is 5.03. The zero-order chi connectivity index (χ0) is 16.0. The maximum absolute atomic E-state index is 3.89. The van der Waals surface area contributed by atoms with E-state index in [1.807, 2.05) is 0 Å². The van der Waals surface area contributed by atoms with Crippen molar-refractivity contribution in [2.45, 2.75) is 89.6 Å². The molecule has 0 spiro atoms. The lowest BCUT2D eigenvalue weighted by atomic mass is 9.67. The molecule has 22 heavy (non-hydrogen) atoms. The first kappa shape index (κ1) is 18.2. The number of hydrogen-bond donors (Lipinski definition) is 4. The van der Waals surface area contributed by atoms with Crippen molar-refractivity contribution < 1.29 is 0 Å². The predicted octanol–water partition coefficient (Wildman–Crippen LogP) is 2.76. The van der Waals surface area contributed by atoms with E-state index in [1.54, 1.807) is 0 Å².